The Kier molecular flexibility index (Phi) is 5.99. The summed E-state index contributed by atoms with van der Waals surface area (Å²) < 4.78 is 0. The monoisotopic (exact) mass is 302 g/mol. The number of aryl methyl sites for hydroxylation is 1. The fourth-order valence-electron chi connectivity index (χ4n) is 3.15. The highest BCUT2D eigenvalue weighted by atomic mass is 16.2. The number of nitrogens with zero attached hydrogens (tertiary/aromatic N) is 1. The summed E-state index contributed by atoms with van der Waals surface area (Å²) >= 11 is 0. The lowest BCUT2D eigenvalue weighted by Gasteiger charge is -2.27. The summed E-state index contributed by atoms with van der Waals surface area (Å²) in [7, 11) is 0. The van der Waals surface area contributed by atoms with Gasteiger partial charge in [0, 0.05) is 32.5 Å². The molecule has 1 N–H and O–H groups in total. The first kappa shape index (κ1) is 16.5. The van der Waals surface area contributed by atoms with Gasteiger partial charge in [-0.15, -0.1) is 0 Å². The highest BCUT2D eigenvalue weighted by Gasteiger charge is 2.24. The van der Waals surface area contributed by atoms with Gasteiger partial charge >= 0.3 is 0 Å². The van der Waals surface area contributed by atoms with Gasteiger partial charge in [-0.25, -0.2) is 0 Å². The minimum atomic E-state index is 0.00533. The number of amides is 2. The van der Waals surface area contributed by atoms with Crippen LogP contribution < -0.4 is 5.32 Å². The predicted octanol–water partition coefficient (Wildman–Crippen LogP) is 2.79. The van der Waals surface area contributed by atoms with Crippen LogP contribution in [0.3, 0.4) is 0 Å². The van der Waals surface area contributed by atoms with Gasteiger partial charge in [-0.1, -0.05) is 42.7 Å². The zero-order valence-corrected chi connectivity index (χ0v) is 13.6. The molecule has 4 nitrogen and oxygen atoms in total. The highest BCUT2D eigenvalue weighted by molar-refractivity contribution is 5.78. The van der Waals surface area contributed by atoms with Crippen LogP contribution in [0.25, 0.3) is 0 Å². The van der Waals surface area contributed by atoms with E-state index in [4.69, 9.17) is 0 Å². The summed E-state index contributed by atoms with van der Waals surface area (Å²) in [6.07, 6.45) is 4.90. The van der Waals surface area contributed by atoms with E-state index in [0.29, 0.717) is 25.6 Å². The van der Waals surface area contributed by atoms with Gasteiger partial charge in [-0.2, -0.15) is 0 Å². The second-order valence-corrected chi connectivity index (χ2v) is 6.17. The van der Waals surface area contributed by atoms with Crippen LogP contribution in [-0.2, 0) is 16.1 Å². The molecule has 0 bridgehead atoms. The number of benzene rings is 1. The van der Waals surface area contributed by atoms with Gasteiger partial charge in [0.1, 0.15) is 0 Å². The van der Waals surface area contributed by atoms with E-state index < -0.39 is 0 Å². The number of nitrogens with one attached hydrogen (secondary N) is 1. The molecule has 120 valence electrons. The van der Waals surface area contributed by atoms with Crippen LogP contribution in [0.15, 0.2) is 24.3 Å². The van der Waals surface area contributed by atoms with E-state index >= 15 is 0 Å². The lowest BCUT2D eigenvalue weighted by molar-refractivity contribution is -0.131. The molecule has 22 heavy (non-hydrogen) atoms. The Bertz CT molecular complexity index is 522. The van der Waals surface area contributed by atoms with Crippen molar-refractivity contribution in [2.75, 3.05) is 6.54 Å². The van der Waals surface area contributed by atoms with E-state index in [1.807, 2.05) is 30.0 Å². The summed E-state index contributed by atoms with van der Waals surface area (Å²) in [6, 6.07) is 8.45. The van der Waals surface area contributed by atoms with Crippen LogP contribution in [0.5, 0.6) is 0 Å². The summed E-state index contributed by atoms with van der Waals surface area (Å²) in [5.41, 5.74) is 2.29. The standard InChI is InChI=1S/C18H26N2O2/c1-14-6-5-7-16(12-14)13-19-18(22)10-11-20(15(2)21)17-8-3-4-9-17/h5-7,12,17H,3-4,8-11,13H2,1-2H3,(H,19,22). The van der Waals surface area contributed by atoms with E-state index in [1.54, 1.807) is 6.92 Å². The molecule has 1 aliphatic carbocycles. The minimum Gasteiger partial charge on any atom is -0.352 e. The van der Waals surface area contributed by atoms with Crippen molar-refractivity contribution >= 4 is 11.8 Å². The van der Waals surface area contributed by atoms with Gasteiger partial charge in [0.05, 0.1) is 0 Å². The summed E-state index contributed by atoms with van der Waals surface area (Å²) in [4.78, 5) is 25.6. The molecule has 0 aliphatic heterocycles. The molecule has 1 saturated carbocycles. The first-order chi connectivity index (χ1) is 10.6. The Balaban J connectivity index is 1.77. The number of carbonyl (C=O) groups excluding carboxylic acids is 2. The number of hydrogen-bond acceptors (Lipinski definition) is 2. The third-order valence-electron chi connectivity index (χ3n) is 4.32. The molecule has 1 fully saturated rings. The molecular formula is C18H26N2O2. The maximum absolute atomic E-state index is 12.0. The topological polar surface area (TPSA) is 49.4 Å². The molecule has 1 aromatic rings. The molecule has 2 amide bonds. The number of rotatable bonds is 6. The van der Waals surface area contributed by atoms with Crippen molar-refractivity contribution in [2.45, 2.75) is 58.5 Å². The van der Waals surface area contributed by atoms with Crippen LogP contribution in [0.2, 0.25) is 0 Å². The first-order valence-corrected chi connectivity index (χ1v) is 8.15. The third kappa shape index (κ3) is 4.86. The maximum Gasteiger partial charge on any atom is 0.222 e. The lowest BCUT2D eigenvalue weighted by Crippen LogP contribution is -2.39. The Morgan fingerprint density at radius 3 is 2.64 bits per heavy atom. The van der Waals surface area contributed by atoms with Crippen LogP contribution in [0.1, 0.15) is 50.2 Å². The summed E-state index contributed by atoms with van der Waals surface area (Å²) in [5, 5.41) is 2.93. The van der Waals surface area contributed by atoms with Crippen molar-refractivity contribution in [3.8, 4) is 0 Å². The zero-order chi connectivity index (χ0) is 15.9. The van der Waals surface area contributed by atoms with Crippen LogP contribution in [0, 0.1) is 6.92 Å². The van der Waals surface area contributed by atoms with E-state index in [-0.39, 0.29) is 11.8 Å². The van der Waals surface area contributed by atoms with Crippen molar-refractivity contribution in [3.05, 3.63) is 35.4 Å². The molecule has 0 unspecified atom stereocenters. The average Bonchev–Trinajstić information content (AvgIpc) is 2.99. The zero-order valence-electron chi connectivity index (χ0n) is 13.6. The van der Waals surface area contributed by atoms with E-state index in [0.717, 1.165) is 18.4 Å². The molecule has 0 aromatic heterocycles. The van der Waals surface area contributed by atoms with Gasteiger partial charge in [0.25, 0.3) is 0 Å². The lowest BCUT2D eigenvalue weighted by atomic mass is 10.1. The molecule has 2 rings (SSSR count). The quantitative estimate of drug-likeness (QED) is 0.878. The van der Waals surface area contributed by atoms with Crippen LogP contribution >= 0.6 is 0 Å². The van der Waals surface area contributed by atoms with E-state index in [1.165, 1.54) is 18.4 Å². The second-order valence-electron chi connectivity index (χ2n) is 6.17. The fraction of sp³-hybridized carbons (Fsp3) is 0.556. The Morgan fingerprint density at radius 1 is 1.27 bits per heavy atom. The van der Waals surface area contributed by atoms with Gasteiger partial charge < -0.3 is 10.2 Å². The third-order valence-corrected chi connectivity index (χ3v) is 4.32. The number of carbonyl (C=O) groups is 2. The molecule has 0 spiro atoms. The Hall–Kier alpha value is -1.84. The SMILES string of the molecule is CC(=O)N(CCC(=O)NCc1cccc(C)c1)C1CCCC1. The molecule has 1 aliphatic rings. The van der Waals surface area contributed by atoms with Gasteiger partial charge in [0.2, 0.25) is 11.8 Å². The minimum absolute atomic E-state index is 0.00533. The van der Waals surface area contributed by atoms with Gasteiger partial charge in [0.15, 0.2) is 0 Å². The predicted molar refractivity (Wildman–Crippen MR) is 87.3 cm³/mol. The summed E-state index contributed by atoms with van der Waals surface area (Å²) in [5.74, 6) is 0.0872. The van der Waals surface area contributed by atoms with E-state index in [2.05, 4.69) is 11.4 Å². The average molecular weight is 302 g/mol. The highest BCUT2D eigenvalue weighted by Crippen LogP contribution is 2.23. The summed E-state index contributed by atoms with van der Waals surface area (Å²) in [6.45, 7) is 4.71. The van der Waals surface area contributed by atoms with Crippen molar-refractivity contribution in [2.24, 2.45) is 0 Å². The van der Waals surface area contributed by atoms with Crippen molar-refractivity contribution in [1.82, 2.24) is 10.2 Å². The molecular weight excluding hydrogens is 276 g/mol. The second kappa shape index (κ2) is 7.97. The Morgan fingerprint density at radius 2 is 2.00 bits per heavy atom. The molecule has 0 saturated heterocycles. The Labute approximate surface area is 132 Å². The van der Waals surface area contributed by atoms with E-state index in [9.17, 15) is 9.59 Å². The number of hydrogen-bond donors (Lipinski definition) is 1. The van der Waals surface area contributed by atoms with Gasteiger partial charge in [-0.3, -0.25) is 9.59 Å². The largest absolute Gasteiger partial charge is 0.352 e. The van der Waals surface area contributed by atoms with Crippen LogP contribution in [-0.4, -0.2) is 29.3 Å². The normalized spacial score (nSPS) is 14.8. The fourth-order valence-corrected chi connectivity index (χ4v) is 3.15. The smallest absolute Gasteiger partial charge is 0.222 e. The molecule has 0 atom stereocenters. The van der Waals surface area contributed by atoms with Crippen LogP contribution in [0.4, 0.5) is 0 Å². The molecule has 1 aromatic carbocycles. The maximum atomic E-state index is 12.0. The van der Waals surface area contributed by atoms with Crippen molar-refractivity contribution in [1.29, 1.82) is 0 Å². The molecule has 4 heteroatoms. The van der Waals surface area contributed by atoms with Crippen molar-refractivity contribution in [3.63, 3.8) is 0 Å². The van der Waals surface area contributed by atoms with Gasteiger partial charge in [-0.05, 0) is 25.3 Å². The molecule has 0 radical (unpaired) electrons. The first-order valence-electron chi connectivity index (χ1n) is 8.15. The molecule has 0 heterocycles. The van der Waals surface area contributed by atoms with Crippen molar-refractivity contribution < 1.29 is 9.59 Å².